The highest BCUT2D eigenvalue weighted by molar-refractivity contribution is 6.30. The number of hydrogen-bond acceptors (Lipinski definition) is 2. The second-order valence-electron chi connectivity index (χ2n) is 6.00. The average Bonchev–Trinajstić information content (AvgIpc) is 2.48. The maximum Gasteiger partial charge on any atom is 0.0406 e. The molecule has 0 amide bonds. The second-order valence-corrected chi connectivity index (χ2v) is 6.44. The van der Waals surface area contributed by atoms with E-state index in [0.29, 0.717) is 12.1 Å². The van der Waals surface area contributed by atoms with E-state index in [4.69, 9.17) is 11.6 Å². The van der Waals surface area contributed by atoms with E-state index in [-0.39, 0.29) is 0 Å². The smallest absolute Gasteiger partial charge is 0.0406 e. The lowest BCUT2D eigenvalue weighted by molar-refractivity contribution is 0.165. The lowest BCUT2D eigenvalue weighted by Gasteiger charge is -2.35. The number of halogens is 1. The number of nitrogens with zero attached hydrogens (tertiary/aromatic N) is 1. The minimum Gasteiger partial charge on any atom is -0.307 e. The Labute approximate surface area is 128 Å². The number of rotatable bonds is 5. The van der Waals surface area contributed by atoms with Crippen LogP contribution in [0, 0.1) is 5.92 Å². The van der Waals surface area contributed by atoms with Gasteiger partial charge in [0.25, 0.3) is 0 Å². The van der Waals surface area contributed by atoms with E-state index in [1.165, 1.54) is 38.0 Å². The van der Waals surface area contributed by atoms with Crippen LogP contribution in [0.4, 0.5) is 0 Å². The molecule has 20 heavy (non-hydrogen) atoms. The predicted octanol–water partition coefficient (Wildman–Crippen LogP) is 4.11. The van der Waals surface area contributed by atoms with Crippen LogP contribution in [-0.4, -0.2) is 30.6 Å². The molecule has 1 saturated heterocycles. The number of hydrogen-bond donors (Lipinski definition) is 1. The van der Waals surface area contributed by atoms with Gasteiger partial charge in [-0.1, -0.05) is 30.7 Å². The summed E-state index contributed by atoms with van der Waals surface area (Å²) >= 11 is 5.95. The van der Waals surface area contributed by atoms with Crippen LogP contribution >= 0.6 is 11.6 Å². The SMILES string of the molecule is CCN1CCC(C(C)N[C@@H](C)c2ccc(Cl)cc2)CC1. The molecule has 112 valence electrons. The molecule has 0 bridgehead atoms. The Balaban J connectivity index is 1.84. The van der Waals surface area contributed by atoms with Crippen molar-refractivity contribution in [2.24, 2.45) is 5.92 Å². The van der Waals surface area contributed by atoms with E-state index < -0.39 is 0 Å². The summed E-state index contributed by atoms with van der Waals surface area (Å²) in [5.74, 6) is 0.799. The van der Waals surface area contributed by atoms with Crippen LogP contribution in [0.1, 0.15) is 45.2 Å². The topological polar surface area (TPSA) is 15.3 Å². The van der Waals surface area contributed by atoms with E-state index in [9.17, 15) is 0 Å². The van der Waals surface area contributed by atoms with Gasteiger partial charge in [-0.15, -0.1) is 0 Å². The summed E-state index contributed by atoms with van der Waals surface area (Å²) in [6, 6.07) is 9.13. The van der Waals surface area contributed by atoms with Gasteiger partial charge in [0.2, 0.25) is 0 Å². The van der Waals surface area contributed by atoms with Gasteiger partial charge in [0.1, 0.15) is 0 Å². The molecule has 0 spiro atoms. The first-order chi connectivity index (χ1) is 9.60. The minimum atomic E-state index is 0.381. The Morgan fingerprint density at radius 2 is 1.80 bits per heavy atom. The number of nitrogens with one attached hydrogen (secondary N) is 1. The van der Waals surface area contributed by atoms with Crippen LogP contribution in [0.5, 0.6) is 0 Å². The van der Waals surface area contributed by atoms with Gasteiger partial charge in [0, 0.05) is 17.1 Å². The molecule has 1 fully saturated rings. The fraction of sp³-hybridized carbons (Fsp3) is 0.647. The highest BCUT2D eigenvalue weighted by Crippen LogP contribution is 2.23. The standard InChI is InChI=1S/C17H27ClN2/c1-4-20-11-9-16(10-12-20)14(3)19-13(2)15-5-7-17(18)8-6-15/h5-8,13-14,16,19H,4,9-12H2,1-3H3/t13-,14?/m0/s1. The molecule has 1 unspecified atom stereocenters. The molecule has 1 aromatic rings. The van der Waals surface area contributed by atoms with Crippen molar-refractivity contribution < 1.29 is 0 Å². The summed E-state index contributed by atoms with van der Waals surface area (Å²) in [6.07, 6.45) is 2.63. The van der Waals surface area contributed by atoms with E-state index in [2.05, 4.69) is 43.1 Å². The third-order valence-electron chi connectivity index (χ3n) is 4.67. The third-order valence-corrected chi connectivity index (χ3v) is 4.92. The first kappa shape index (κ1) is 15.8. The number of benzene rings is 1. The zero-order chi connectivity index (χ0) is 14.5. The summed E-state index contributed by atoms with van der Waals surface area (Å²) in [4.78, 5) is 2.55. The van der Waals surface area contributed by atoms with Crippen LogP contribution in [0.3, 0.4) is 0 Å². The molecule has 2 rings (SSSR count). The quantitative estimate of drug-likeness (QED) is 0.879. The van der Waals surface area contributed by atoms with Gasteiger partial charge in [0.05, 0.1) is 0 Å². The van der Waals surface area contributed by atoms with Gasteiger partial charge in [-0.2, -0.15) is 0 Å². The Bertz CT molecular complexity index is 396. The summed E-state index contributed by atoms with van der Waals surface area (Å²) in [6.45, 7) is 10.5. The van der Waals surface area contributed by atoms with E-state index in [1.54, 1.807) is 0 Å². The Morgan fingerprint density at radius 3 is 2.35 bits per heavy atom. The summed E-state index contributed by atoms with van der Waals surface area (Å²) in [5, 5.41) is 4.56. The first-order valence-electron chi connectivity index (χ1n) is 7.84. The van der Waals surface area contributed by atoms with Crippen LogP contribution in [0.2, 0.25) is 5.02 Å². The molecular weight excluding hydrogens is 268 g/mol. The monoisotopic (exact) mass is 294 g/mol. The molecule has 1 N–H and O–H groups in total. The molecule has 0 aromatic heterocycles. The van der Waals surface area contributed by atoms with E-state index >= 15 is 0 Å². The lowest BCUT2D eigenvalue weighted by Crippen LogP contribution is -2.42. The second kappa shape index (κ2) is 7.44. The molecule has 1 heterocycles. The van der Waals surface area contributed by atoms with E-state index in [1.807, 2.05) is 12.1 Å². The highest BCUT2D eigenvalue weighted by Gasteiger charge is 2.24. The molecule has 1 aromatic carbocycles. The summed E-state index contributed by atoms with van der Waals surface area (Å²) in [5.41, 5.74) is 1.31. The van der Waals surface area contributed by atoms with Gasteiger partial charge in [-0.05, 0) is 69.9 Å². The number of piperidine rings is 1. The fourth-order valence-corrected chi connectivity index (χ4v) is 3.27. The Hall–Kier alpha value is -0.570. The highest BCUT2D eigenvalue weighted by atomic mass is 35.5. The number of likely N-dealkylation sites (tertiary alicyclic amines) is 1. The largest absolute Gasteiger partial charge is 0.307 e. The average molecular weight is 295 g/mol. The molecule has 0 radical (unpaired) electrons. The maximum absolute atomic E-state index is 5.95. The summed E-state index contributed by atoms with van der Waals surface area (Å²) < 4.78 is 0. The molecule has 1 aliphatic heterocycles. The predicted molar refractivity (Wildman–Crippen MR) is 87.3 cm³/mol. The van der Waals surface area contributed by atoms with Gasteiger partial charge < -0.3 is 10.2 Å². The molecular formula is C17H27ClN2. The van der Waals surface area contributed by atoms with Crippen LogP contribution in [0.15, 0.2) is 24.3 Å². The van der Waals surface area contributed by atoms with Crippen molar-refractivity contribution in [3.8, 4) is 0 Å². The zero-order valence-electron chi connectivity index (χ0n) is 12.9. The van der Waals surface area contributed by atoms with Crippen molar-refractivity contribution in [3.63, 3.8) is 0 Å². The van der Waals surface area contributed by atoms with Crippen molar-refractivity contribution in [2.45, 2.75) is 45.7 Å². The van der Waals surface area contributed by atoms with Crippen molar-refractivity contribution in [2.75, 3.05) is 19.6 Å². The van der Waals surface area contributed by atoms with Crippen molar-refractivity contribution in [1.29, 1.82) is 0 Å². The van der Waals surface area contributed by atoms with Gasteiger partial charge in [0.15, 0.2) is 0 Å². The normalized spacial score (nSPS) is 20.8. The molecule has 2 nitrogen and oxygen atoms in total. The molecule has 2 atom stereocenters. The van der Waals surface area contributed by atoms with Crippen LogP contribution < -0.4 is 5.32 Å². The zero-order valence-corrected chi connectivity index (χ0v) is 13.7. The van der Waals surface area contributed by atoms with Crippen molar-refractivity contribution >= 4 is 11.6 Å². The molecule has 0 saturated carbocycles. The Kier molecular flexibility index (Phi) is 5.88. The van der Waals surface area contributed by atoms with Gasteiger partial charge in [-0.3, -0.25) is 0 Å². The molecule has 1 aliphatic rings. The fourth-order valence-electron chi connectivity index (χ4n) is 3.15. The maximum atomic E-state index is 5.95. The molecule has 0 aliphatic carbocycles. The van der Waals surface area contributed by atoms with Crippen molar-refractivity contribution in [3.05, 3.63) is 34.9 Å². The van der Waals surface area contributed by atoms with Crippen LogP contribution in [0.25, 0.3) is 0 Å². The lowest BCUT2D eigenvalue weighted by atomic mass is 9.89. The summed E-state index contributed by atoms with van der Waals surface area (Å²) in [7, 11) is 0. The van der Waals surface area contributed by atoms with Crippen LogP contribution in [-0.2, 0) is 0 Å². The van der Waals surface area contributed by atoms with Gasteiger partial charge >= 0.3 is 0 Å². The first-order valence-corrected chi connectivity index (χ1v) is 8.21. The third kappa shape index (κ3) is 4.21. The minimum absolute atomic E-state index is 0.381. The Morgan fingerprint density at radius 1 is 1.20 bits per heavy atom. The van der Waals surface area contributed by atoms with Gasteiger partial charge in [-0.25, -0.2) is 0 Å². The van der Waals surface area contributed by atoms with Crippen molar-refractivity contribution in [1.82, 2.24) is 10.2 Å². The molecule has 3 heteroatoms. The van der Waals surface area contributed by atoms with E-state index in [0.717, 1.165) is 10.9 Å².